The first kappa shape index (κ1) is 11.3. The van der Waals surface area contributed by atoms with Gasteiger partial charge in [0, 0.05) is 5.57 Å². The zero-order chi connectivity index (χ0) is 10.4. The lowest BCUT2D eigenvalue weighted by Crippen LogP contribution is -2.17. The summed E-state index contributed by atoms with van der Waals surface area (Å²) in [5.41, 5.74) is -0.352. The molecule has 72 valence electrons. The lowest BCUT2D eigenvalue weighted by molar-refractivity contribution is -0.159. The van der Waals surface area contributed by atoms with Gasteiger partial charge in [0.25, 0.3) is 0 Å². The Morgan fingerprint density at radius 3 is 2.23 bits per heavy atom. The van der Waals surface area contributed by atoms with Crippen molar-refractivity contribution in [2.24, 2.45) is 0 Å². The van der Waals surface area contributed by atoms with Gasteiger partial charge in [0.05, 0.1) is 6.42 Å². The van der Waals surface area contributed by atoms with Gasteiger partial charge in [-0.25, -0.2) is 9.59 Å². The first-order chi connectivity index (χ1) is 5.97. The molecule has 0 saturated heterocycles. The number of esters is 2. The van der Waals surface area contributed by atoms with E-state index in [9.17, 15) is 14.4 Å². The molecule has 0 bridgehead atoms. The van der Waals surface area contributed by atoms with Gasteiger partial charge in [-0.3, -0.25) is 4.79 Å². The number of carboxylic acids is 1. The van der Waals surface area contributed by atoms with E-state index in [4.69, 9.17) is 10.2 Å². The molecule has 0 spiro atoms. The van der Waals surface area contributed by atoms with Gasteiger partial charge in [0.1, 0.15) is 6.61 Å². The SMILES string of the molecule is C=C(CC(=O)O)C(=O)OC(=O)CO. The number of rotatable bonds is 4. The molecule has 0 aromatic rings. The van der Waals surface area contributed by atoms with E-state index in [0.717, 1.165) is 0 Å². The van der Waals surface area contributed by atoms with Crippen LogP contribution in [0.15, 0.2) is 12.2 Å². The van der Waals surface area contributed by atoms with Crippen LogP contribution < -0.4 is 0 Å². The highest BCUT2D eigenvalue weighted by Gasteiger charge is 2.15. The molecule has 0 heterocycles. The van der Waals surface area contributed by atoms with Crippen LogP contribution in [-0.4, -0.2) is 34.7 Å². The molecule has 13 heavy (non-hydrogen) atoms. The Morgan fingerprint density at radius 1 is 1.31 bits per heavy atom. The van der Waals surface area contributed by atoms with Crippen molar-refractivity contribution in [2.75, 3.05) is 6.61 Å². The standard InChI is InChI=1S/C7H8O6/c1-4(2-5(9)10)7(12)13-6(11)3-8/h8H,1-3H2,(H,9,10). The molecule has 0 aromatic heterocycles. The number of ether oxygens (including phenoxy) is 1. The first-order valence-corrected chi connectivity index (χ1v) is 3.22. The number of aliphatic carboxylic acids is 1. The molecular formula is C7H8O6. The molecule has 0 amide bonds. The largest absolute Gasteiger partial charge is 0.481 e. The highest BCUT2D eigenvalue weighted by molar-refractivity contribution is 5.98. The molecule has 6 nitrogen and oxygen atoms in total. The molecule has 0 rings (SSSR count). The molecule has 0 saturated carbocycles. The Bertz CT molecular complexity index is 254. The van der Waals surface area contributed by atoms with Crippen molar-refractivity contribution in [3.8, 4) is 0 Å². The van der Waals surface area contributed by atoms with E-state index in [-0.39, 0.29) is 5.57 Å². The van der Waals surface area contributed by atoms with Crippen molar-refractivity contribution in [1.82, 2.24) is 0 Å². The third kappa shape index (κ3) is 4.70. The Hall–Kier alpha value is -1.69. The van der Waals surface area contributed by atoms with Crippen LogP contribution in [-0.2, 0) is 19.1 Å². The lowest BCUT2D eigenvalue weighted by Gasteiger charge is -2.00. The van der Waals surface area contributed by atoms with E-state index in [1.165, 1.54) is 0 Å². The molecule has 6 heteroatoms. The number of carboxylic acid groups (broad SMARTS) is 1. The normalized spacial score (nSPS) is 9.00. The van der Waals surface area contributed by atoms with E-state index in [2.05, 4.69) is 11.3 Å². The lowest BCUT2D eigenvalue weighted by atomic mass is 10.2. The van der Waals surface area contributed by atoms with Crippen molar-refractivity contribution in [3.63, 3.8) is 0 Å². The number of carbonyl (C=O) groups is 3. The van der Waals surface area contributed by atoms with Gasteiger partial charge in [-0.2, -0.15) is 0 Å². The van der Waals surface area contributed by atoms with Crippen LogP contribution in [0, 0.1) is 0 Å². The summed E-state index contributed by atoms with van der Waals surface area (Å²) >= 11 is 0. The fraction of sp³-hybridized carbons (Fsp3) is 0.286. The number of hydrogen-bond donors (Lipinski definition) is 2. The molecule has 0 aliphatic carbocycles. The van der Waals surface area contributed by atoms with E-state index in [0.29, 0.717) is 0 Å². The summed E-state index contributed by atoms with van der Waals surface area (Å²) in [5, 5.41) is 16.4. The minimum absolute atomic E-state index is 0.352. The third-order valence-electron chi connectivity index (χ3n) is 0.989. The summed E-state index contributed by atoms with van der Waals surface area (Å²) in [7, 11) is 0. The molecule has 0 unspecified atom stereocenters. The highest BCUT2D eigenvalue weighted by atomic mass is 16.6. The van der Waals surface area contributed by atoms with Crippen LogP contribution in [0.4, 0.5) is 0 Å². The number of aliphatic hydroxyl groups is 1. The fourth-order valence-corrected chi connectivity index (χ4v) is 0.463. The van der Waals surface area contributed by atoms with Gasteiger partial charge in [0.15, 0.2) is 0 Å². The Kier molecular flexibility index (Phi) is 4.39. The van der Waals surface area contributed by atoms with Gasteiger partial charge < -0.3 is 14.9 Å². The predicted molar refractivity (Wildman–Crippen MR) is 39.6 cm³/mol. The fourth-order valence-electron chi connectivity index (χ4n) is 0.463. The Balaban J connectivity index is 4.04. The molecule has 0 aromatic carbocycles. The van der Waals surface area contributed by atoms with Crippen molar-refractivity contribution < 1.29 is 29.3 Å². The summed E-state index contributed by atoms with van der Waals surface area (Å²) in [6.07, 6.45) is -0.600. The van der Waals surface area contributed by atoms with E-state index in [1.54, 1.807) is 0 Å². The minimum atomic E-state index is -1.25. The molecule has 0 aliphatic rings. The number of aliphatic hydroxyl groups excluding tert-OH is 1. The van der Waals surface area contributed by atoms with Gasteiger partial charge in [-0.15, -0.1) is 0 Å². The van der Waals surface area contributed by atoms with E-state index in [1.807, 2.05) is 0 Å². The monoisotopic (exact) mass is 188 g/mol. The maximum absolute atomic E-state index is 10.7. The molecular weight excluding hydrogens is 180 g/mol. The molecule has 2 N–H and O–H groups in total. The smallest absolute Gasteiger partial charge is 0.341 e. The summed E-state index contributed by atoms with van der Waals surface area (Å²) in [6.45, 7) is 2.15. The van der Waals surface area contributed by atoms with Crippen molar-refractivity contribution in [2.45, 2.75) is 6.42 Å². The average molecular weight is 188 g/mol. The van der Waals surface area contributed by atoms with Gasteiger partial charge in [0.2, 0.25) is 0 Å². The molecule has 0 aliphatic heterocycles. The maximum Gasteiger partial charge on any atom is 0.341 e. The zero-order valence-corrected chi connectivity index (χ0v) is 6.65. The molecule has 0 fully saturated rings. The molecule has 0 atom stereocenters. The zero-order valence-electron chi connectivity index (χ0n) is 6.65. The first-order valence-electron chi connectivity index (χ1n) is 3.22. The summed E-state index contributed by atoms with van der Waals surface area (Å²) < 4.78 is 3.97. The van der Waals surface area contributed by atoms with Crippen LogP contribution in [0.3, 0.4) is 0 Å². The minimum Gasteiger partial charge on any atom is -0.481 e. The number of hydrogen-bond acceptors (Lipinski definition) is 5. The van der Waals surface area contributed by atoms with Crippen molar-refractivity contribution in [1.29, 1.82) is 0 Å². The second-order valence-electron chi connectivity index (χ2n) is 2.09. The summed E-state index contributed by atoms with van der Waals surface area (Å²) in [6, 6.07) is 0. The predicted octanol–water partition coefficient (Wildman–Crippen LogP) is -0.921. The van der Waals surface area contributed by atoms with Crippen molar-refractivity contribution in [3.05, 3.63) is 12.2 Å². The Labute approximate surface area is 73.4 Å². The summed E-state index contributed by atoms with van der Waals surface area (Å²) in [4.78, 5) is 31.1. The van der Waals surface area contributed by atoms with Crippen molar-refractivity contribution >= 4 is 17.9 Å². The third-order valence-corrected chi connectivity index (χ3v) is 0.989. The highest BCUT2D eigenvalue weighted by Crippen LogP contribution is 2.00. The second kappa shape index (κ2) is 5.04. The van der Waals surface area contributed by atoms with Gasteiger partial charge in [-0.1, -0.05) is 6.58 Å². The van der Waals surface area contributed by atoms with Gasteiger partial charge in [-0.05, 0) is 0 Å². The van der Waals surface area contributed by atoms with Crippen LogP contribution in [0.1, 0.15) is 6.42 Å². The Morgan fingerprint density at radius 2 is 1.85 bits per heavy atom. The number of carbonyl (C=O) groups excluding carboxylic acids is 2. The quantitative estimate of drug-likeness (QED) is 0.336. The average Bonchev–Trinajstić information content (AvgIpc) is 2.02. The topological polar surface area (TPSA) is 101 Å². The summed E-state index contributed by atoms with van der Waals surface area (Å²) in [5.74, 6) is -3.53. The second-order valence-corrected chi connectivity index (χ2v) is 2.09. The van der Waals surface area contributed by atoms with E-state index < -0.39 is 30.9 Å². The molecule has 0 radical (unpaired) electrons. The van der Waals surface area contributed by atoms with Gasteiger partial charge >= 0.3 is 17.9 Å². The van der Waals surface area contributed by atoms with Crippen LogP contribution in [0.5, 0.6) is 0 Å². The maximum atomic E-state index is 10.7. The van der Waals surface area contributed by atoms with Crippen LogP contribution >= 0.6 is 0 Å². The van der Waals surface area contributed by atoms with Crippen LogP contribution in [0.25, 0.3) is 0 Å². The van der Waals surface area contributed by atoms with Crippen LogP contribution in [0.2, 0.25) is 0 Å². The van der Waals surface area contributed by atoms with E-state index >= 15 is 0 Å².